The highest BCUT2D eigenvalue weighted by atomic mass is 19.1. The van der Waals surface area contributed by atoms with Crippen LogP contribution in [-0.4, -0.2) is 10.9 Å². The van der Waals surface area contributed by atoms with E-state index in [1.807, 2.05) is 0 Å². The highest BCUT2D eigenvalue weighted by Crippen LogP contribution is 2.19. The van der Waals surface area contributed by atoms with Crippen molar-refractivity contribution in [2.45, 2.75) is 6.92 Å². The molecule has 68 valence electrons. The third-order valence-corrected chi connectivity index (χ3v) is 1.49. The summed E-state index contributed by atoms with van der Waals surface area (Å²) in [6.45, 7) is 1.40. The molecule has 0 atom stereocenters. The molecule has 1 aromatic carbocycles. The molecule has 0 aliphatic rings. The summed E-state index contributed by atoms with van der Waals surface area (Å²) >= 11 is 0. The van der Waals surface area contributed by atoms with Gasteiger partial charge in [-0.3, -0.25) is 4.79 Å². The van der Waals surface area contributed by atoms with Gasteiger partial charge in [-0.1, -0.05) is 0 Å². The summed E-state index contributed by atoms with van der Waals surface area (Å²) in [6.07, 6.45) is 2.75. The zero-order valence-electron chi connectivity index (χ0n) is 7.12. The van der Waals surface area contributed by atoms with Crippen LogP contribution in [0, 0.1) is 5.82 Å². The topological polar surface area (TPSA) is 37.3 Å². The van der Waals surface area contributed by atoms with Crippen LogP contribution in [0.25, 0.3) is 6.08 Å². The average molecular weight is 180 g/mol. The van der Waals surface area contributed by atoms with Crippen molar-refractivity contribution >= 4 is 11.9 Å². The minimum absolute atomic E-state index is 0.122. The van der Waals surface area contributed by atoms with Crippen LogP contribution in [0.2, 0.25) is 0 Å². The van der Waals surface area contributed by atoms with E-state index in [0.29, 0.717) is 5.56 Å². The molecule has 0 aliphatic heterocycles. The largest absolute Gasteiger partial charge is 0.507 e. The van der Waals surface area contributed by atoms with Crippen LogP contribution in [0.1, 0.15) is 12.5 Å². The van der Waals surface area contributed by atoms with Gasteiger partial charge in [0.2, 0.25) is 0 Å². The number of phenols is 1. The molecule has 13 heavy (non-hydrogen) atoms. The second-order valence-electron chi connectivity index (χ2n) is 2.65. The zero-order valence-corrected chi connectivity index (χ0v) is 7.12. The van der Waals surface area contributed by atoms with Gasteiger partial charge in [0.05, 0.1) is 0 Å². The Balaban J connectivity index is 2.96. The van der Waals surface area contributed by atoms with E-state index in [4.69, 9.17) is 0 Å². The first-order valence-corrected chi connectivity index (χ1v) is 3.77. The average Bonchev–Trinajstić information content (AvgIpc) is 2.02. The third-order valence-electron chi connectivity index (χ3n) is 1.49. The number of aromatic hydroxyl groups is 1. The Morgan fingerprint density at radius 1 is 1.54 bits per heavy atom. The van der Waals surface area contributed by atoms with Crippen LogP contribution in [0.3, 0.4) is 0 Å². The first kappa shape index (κ1) is 9.45. The molecule has 0 aromatic heterocycles. The summed E-state index contributed by atoms with van der Waals surface area (Å²) in [5, 5.41) is 9.20. The summed E-state index contributed by atoms with van der Waals surface area (Å²) in [5.41, 5.74) is 0.427. The lowest BCUT2D eigenvalue weighted by Crippen LogP contribution is -1.82. The van der Waals surface area contributed by atoms with Gasteiger partial charge in [0.1, 0.15) is 11.6 Å². The van der Waals surface area contributed by atoms with E-state index in [0.717, 1.165) is 6.07 Å². The van der Waals surface area contributed by atoms with Gasteiger partial charge >= 0.3 is 0 Å². The van der Waals surface area contributed by atoms with Crippen molar-refractivity contribution in [1.29, 1.82) is 0 Å². The molecule has 1 rings (SSSR count). The number of halogens is 1. The lowest BCUT2D eigenvalue weighted by molar-refractivity contribution is -0.112. The molecule has 0 unspecified atom stereocenters. The minimum Gasteiger partial charge on any atom is -0.507 e. The summed E-state index contributed by atoms with van der Waals surface area (Å²) in [6, 6.07) is 3.63. The molecule has 0 radical (unpaired) electrons. The predicted molar refractivity (Wildman–Crippen MR) is 47.8 cm³/mol. The normalized spacial score (nSPS) is 10.6. The van der Waals surface area contributed by atoms with Gasteiger partial charge in [0.15, 0.2) is 5.78 Å². The van der Waals surface area contributed by atoms with Crippen molar-refractivity contribution in [2.75, 3.05) is 0 Å². The van der Waals surface area contributed by atoms with Crippen LogP contribution in [0.4, 0.5) is 4.39 Å². The lowest BCUT2D eigenvalue weighted by atomic mass is 10.1. The number of phenolic OH excluding ortho intramolecular Hbond substituents is 1. The Morgan fingerprint density at radius 3 is 2.77 bits per heavy atom. The molecule has 3 heteroatoms. The standard InChI is InChI=1S/C10H9FO2/c1-7(12)2-3-8-4-5-9(11)6-10(8)13/h2-6,13H,1H3. The van der Waals surface area contributed by atoms with Gasteiger partial charge in [-0.15, -0.1) is 0 Å². The van der Waals surface area contributed by atoms with E-state index >= 15 is 0 Å². The molecule has 1 N–H and O–H groups in total. The quantitative estimate of drug-likeness (QED) is 0.708. The molecule has 0 amide bonds. The van der Waals surface area contributed by atoms with Crippen molar-refractivity contribution in [2.24, 2.45) is 0 Å². The summed E-state index contributed by atoms with van der Waals surface area (Å²) in [4.78, 5) is 10.6. The smallest absolute Gasteiger partial charge is 0.152 e. The first-order valence-electron chi connectivity index (χ1n) is 3.77. The van der Waals surface area contributed by atoms with Gasteiger partial charge in [-0.05, 0) is 31.2 Å². The molecule has 0 bridgehead atoms. The second-order valence-corrected chi connectivity index (χ2v) is 2.65. The zero-order chi connectivity index (χ0) is 9.84. The van der Waals surface area contributed by atoms with E-state index in [2.05, 4.69) is 0 Å². The number of hydrogen-bond donors (Lipinski definition) is 1. The van der Waals surface area contributed by atoms with Gasteiger partial charge in [0, 0.05) is 11.6 Å². The molecule has 0 spiro atoms. The highest BCUT2D eigenvalue weighted by molar-refractivity contribution is 5.91. The van der Waals surface area contributed by atoms with Crippen molar-refractivity contribution in [1.82, 2.24) is 0 Å². The van der Waals surface area contributed by atoms with Crippen LogP contribution < -0.4 is 0 Å². The Hall–Kier alpha value is -1.64. The fourth-order valence-corrected chi connectivity index (χ4v) is 0.865. The molecule has 0 saturated heterocycles. The van der Waals surface area contributed by atoms with Crippen molar-refractivity contribution in [3.8, 4) is 5.75 Å². The molecular weight excluding hydrogens is 171 g/mol. The Bertz CT molecular complexity index is 356. The molecule has 0 aliphatic carbocycles. The van der Waals surface area contributed by atoms with Gasteiger partial charge in [-0.2, -0.15) is 0 Å². The molecule has 1 aromatic rings. The Kier molecular flexibility index (Phi) is 2.80. The number of benzene rings is 1. The maximum absolute atomic E-state index is 12.5. The van der Waals surface area contributed by atoms with Gasteiger partial charge < -0.3 is 5.11 Å². The van der Waals surface area contributed by atoms with Gasteiger partial charge in [0.25, 0.3) is 0 Å². The van der Waals surface area contributed by atoms with E-state index in [1.165, 1.54) is 31.2 Å². The van der Waals surface area contributed by atoms with E-state index in [-0.39, 0.29) is 11.5 Å². The monoisotopic (exact) mass is 180 g/mol. The number of carbonyl (C=O) groups excluding carboxylic acids is 1. The molecule has 2 nitrogen and oxygen atoms in total. The number of carbonyl (C=O) groups is 1. The van der Waals surface area contributed by atoms with E-state index in [1.54, 1.807) is 0 Å². The lowest BCUT2D eigenvalue weighted by Gasteiger charge is -1.97. The van der Waals surface area contributed by atoms with Crippen molar-refractivity contribution in [3.05, 3.63) is 35.7 Å². The van der Waals surface area contributed by atoms with Gasteiger partial charge in [-0.25, -0.2) is 4.39 Å². The predicted octanol–water partition coefficient (Wildman–Crippen LogP) is 2.13. The molecule has 0 saturated carbocycles. The SMILES string of the molecule is CC(=O)C=Cc1ccc(F)cc1O. The Morgan fingerprint density at radius 2 is 2.23 bits per heavy atom. The third kappa shape index (κ3) is 2.71. The van der Waals surface area contributed by atoms with Crippen LogP contribution in [0.5, 0.6) is 5.75 Å². The van der Waals surface area contributed by atoms with Crippen LogP contribution in [-0.2, 0) is 4.79 Å². The second kappa shape index (κ2) is 3.85. The molecule has 0 fully saturated rings. The van der Waals surface area contributed by atoms with Crippen molar-refractivity contribution < 1.29 is 14.3 Å². The fraction of sp³-hybridized carbons (Fsp3) is 0.100. The van der Waals surface area contributed by atoms with Crippen molar-refractivity contribution in [3.63, 3.8) is 0 Å². The maximum atomic E-state index is 12.5. The van der Waals surface area contributed by atoms with E-state index in [9.17, 15) is 14.3 Å². The Labute approximate surface area is 75.3 Å². The summed E-state index contributed by atoms with van der Waals surface area (Å²) in [5.74, 6) is -0.793. The number of ketones is 1. The fourth-order valence-electron chi connectivity index (χ4n) is 0.865. The summed E-state index contributed by atoms with van der Waals surface area (Å²) in [7, 11) is 0. The molecular formula is C10H9FO2. The summed E-state index contributed by atoms with van der Waals surface area (Å²) < 4.78 is 12.5. The minimum atomic E-state index is -0.502. The van der Waals surface area contributed by atoms with Crippen LogP contribution in [0.15, 0.2) is 24.3 Å². The first-order chi connectivity index (χ1) is 6.09. The number of allylic oxidation sites excluding steroid dienone is 1. The number of rotatable bonds is 2. The number of hydrogen-bond acceptors (Lipinski definition) is 2. The van der Waals surface area contributed by atoms with Crippen LogP contribution >= 0.6 is 0 Å². The molecule has 0 heterocycles. The maximum Gasteiger partial charge on any atom is 0.152 e. The highest BCUT2D eigenvalue weighted by Gasteiger charge is 1.98. The van der Waals surface area contributed by atoms with E-state index < -0.39 is 5.82 Å².